The van der Waals surface area contributed by atoms with Gasteiger partial charge in [0.2, 0.25) is 0 Å². The number of nitrogens with zero attached hydrogens (tertiary/aromatic N) is 2. The molecule has 0 aliphatic carbocycles. The monoisotopic (exact) mass is 358 g/mol. The number of furan rings is 1. The molecule has 1 aliphatic heterocycles. The lowest BCUT2D eigenvalue weighted by atomic mass is 10.2. The van der Waals surface area contributed by atoms with Crippen LogP contribution >= 0.6 is 11.8 Å². The molecular formula is C17H14N2O5S. The maximum atomic E-state index is 12.5. The molecule has 8 heteroatoms. The predicted molar refractivity (Wildman–Crippen MR) is 93.8 cm³/mol. The number of rotatable bonds is 4. The SMILES string of the molecule is CCN1C(=O)/C(=C/c2ccco2)SC1=Nc1ccc(O)cc1C(=O)O. The van der Waals surface area contributed by atoms with Crippen LogP contribution in [0.1, 0.15) is 23.0 Å². The highest BCUT2D eigenvalue weighted by Gasteiger charge is 2.32. The number of phenols is 1. The fourth-order valence-electron chi connectivity index (χ4n) is 2.27. The number of aliphatic imine (C=N–C) groups is 1. The van der Waals surface area contributed by atoms with Crippen molar-refractivity contribution in [2.24, 2.45) is 4.99 Å². The van der Waals surface area contributed by atoms with E-state index in [0.717, 1.165) is 17.8 Å². The molecule has 0 unspecified atom stereocenters. The molecule has 1 saturated heterocycles. The Kier molecular flexibility index (Phi) is 4.62. The van der Waals surface area contributed by atoms with Crippen LogP contribution in [0, 0.1) is 0 Å². The van der Waals surface area contributed by atoms with Crippen molar-refractivity contribution in [1.82, 2.24) is 4.90 Å². The highest BCUT2D eigenvalue weighted by Crippen LogP contribution is 2.35. The first kappa shape index (κ1) is 16.8. The Morgan fingerprint density at radius 3 is 2.84 bits per heavy atom. The maximum absolute atomic E-state index is 12.5. The van der Waals surface area contributed by atoms with Crippen molar-refractivity contribution in [3.63, 3.8) is 0 Å². The first-order chi connectivity index (χ1) is 12.0. The minimum Gasteiger partial charge on any atom is -0.508 e. The Labute approximate surface area is 147 Å². The third-order valence-corrected chi connectivity index (χ3v) is 4.45. The fourth-order valence-corrected chi connectivity index (χ4v) is 3.30. The van der Waals surface area contributed by atoms with E-state index >= 15 is 0 Å². The van der Waals surface area contributed by atoms with Crippen molar-refractivity contribution < 1.29 is 24.2 Å². The van der Waals surface area contributed by atoms with Crippen LogP contribution in [0.3, 0.4) is 0 Å². The Hall–Kier alpha value is -3.00. The number of likely N-dealkylation sites (N-methyl/N-ethyl adjacent to an activating group) is 1. The number of phenolic OH excluding ortho intramolecular Hbond substituents is 1. The molecule has 3 rings (SSSR count). The summed E-state index contributed by atoms with van der Waals surface area (Å²) in [4.78, 5) is 30.1. The number of carboxylic acid groups (broad SMARTS) is 1. The van der Waals surface area contributed by atoms with Crippen LogP contribution in [-0.4, -0.2) is 38.7 Å². The minimum absolute atomic E-state index is 0.139. The van der Waals surface area contributed by atoms with Gasteiger partial charge in [-0.15, -0.1) is 0 Å². The standard InChI is InChI=1S/C17H14N2O5S/c1-2-19-15(21)14(9-11-4-3-7-24-11)25-17(19)18-13-6-5-10(20)8-12(13)16(22)23/h3-9,20H,2H2,1H3,(H,22,23)/b14-9-,18-17?. The van der Waals surface area contributed by atoms with Gasteiger partial charge in [0.1, 0.15) is 11.5 Å². The van der Waals surface area contributed by atoms with E-state index in [1.165, 1.54) is 23.3 Å². The Morgan fingerprint density at radius 1 is 1.40 bits per heavy atom. The van der Waals surface area contributed by atoms with Gasteiger partial charge in [0.25, 0.3) is 5.91 Å². The van der Waals surface area contributed by atoms with E-state index < -0.39 is 5.97 Å². The summed E-state index contributed by atoms with van der Waals surface area (Å²) >= 11 is 1.14. The van der Waals surface area contributed by atoms with Gasteiger partial charge in [-0.3, -0.25) is 9.69 Å². The highest BCUT2D eigenvalue weighted by molar-refractivity contribution is 8.18. The van der Waals surface area contributed by atoms with E-state index in [4.69, 9.17) is 4.42 Å². The molecule has 7 nitrogen and oxygen atoms in total. The second kappa shape index (κ2) is 6.86. The summed E-state index contributed by atoms with van der Waals surface area (Å²) in [5.41, 5.74) is 0.0263. The minimum atomic E-state index is -1.21. The summed E-state index contributed by atoms with van der Waals surface area (Å²) in [6.45, 7) is 2.19. The first-order valence-electron chi connectivity index (χ1n) is 7.39. The number of aromatic hydroxyl groups is 1. The molecule has 128 valence electrons. The molecular weight excluding hydrogens is 344 g/mol. The van der Waals surface area contributed by atoms with E-state index in [9.17, 15) is 19.8 Å². The summed E-state index contributed by atoms with van der Waals surface area (Å²) in [7, 11) is 0. The number of hydrogen-bond acceptors (Lipinski definition) is 6. The van der Waals surface area contributed by atoms with Crippen LogP contribution < -0.4 is 0 Å². The number of thioether (sulfide) groups is 1. The number of hydrogen-bond donors (Lipinski definition) is 2. The van der Waals surface area contributed by atoms with Crippen molar-refractivity contribution in [2.45, 2.75) is 6.92 Å². The maximum Gasteiger partial charge on any atom is 0.338 e. The molecule has 2 aromatic rings. The molecule has 0 bridgehead atoms. The second-order valence-electron chi connectivity index (χ2n) is 5.08. The van der Waals surface area contributed by atoms with Gasteiger partial charge in [0.15, 0.2) is 5.17 Å². The number of amidine groups is 1. The van der Waals surface area contributed by atoms with Crippen LogP contribution in [-0.2, 0) is 4.79 Å². The van der Waals surface area contributed by atoms with Gasteiger partial charge in [-0.1, -0.05) is 0 Å². The smallest absolute Gasteiger partial charge is 0.338 e. The lowest BCUT2D eigenvalue weighted by molar-refractivity contribution is -0.122. The molecule has 0 spiro atoms. The topological polar surface area (TPSA) is 103 Å². The summed E-state index contributed by atoms with van der Waals surface area (Å²) in [5, 5.41) is 19.1. The molecule has 0 saturated carbocycles. The average molecular weight is 358 g/mol. The number of amides is 1. The lowest BCUT2D eigenvalue weighted by Gasteiger charge is -2.12. The van der Waals surface area contributed by atoms with Gasteiger partial charge >= 0.3 is 5.97 Å². The zero-order valence-corrected chi connectivity index (χ0v) is 14.0. The van der Waals surface area contributed by atoms with E-state index in [-0.39, 0.29) is 22.9 Å². The van der Waals surface area contributed by atoms with Crippen molar-refractivity contribution in [3.8, 4) is 5.75 Å². The van der Waals surface area contributed by atoms with Gasteiger partial charge < -0.3 is 14.6 Å². The van der Waals surface area contributed by atoms with Crippen LogP contribution in [0.4, 0.5) is 5.69 Å². The molecule has 2 N–H and O–H groups in total. The Balaban J connectivity index is 2.00. The van der Waals surface area contributed by atoms with Gasteiger partial charge in [0, 0.05) is 12.6 Å². The quantitative estimate of drug-likeness (QED) is 0.813. The Morgan fingerprint density at radius 2 is 2.20 bits per heavy atom. The fraction of sp³-hybridized carbons (Fsp3) is 0.118. The number of benzene rings is 1. The number of carbonyl (C=O) groups is 2. The number of carbonyl (C=O) groups excluding carboxylic acids is 1. The highest BCUT2D eigenvalue weighted by atomic mass is 32.2. The first-order valence-corrected chi connectivity index (χ1v) is 8.21. The molecule has 0 radical (unpaired) electrons. The molecule has 0 atom stereocenters. The Bertz CT molecular complexity index is 886. The normalized spacial score (nSPS) is 17.6. The van der Waals surface area contributed by atoms with Crippen molar-refractivity contribution in [2.75, 3.05) is 6.54 Å². The molecule has 2 heterocycles. The molecule has 1 aromatic heterocycles. The average Bonchev–Trinajstić information content (AvgIpc) is 3.18. The van der Waals surface area contributed by atoms with E-state index in [1.54, 1.807) is 25.1 Å². The van der Waals surface area contributed by atoms with Gasteiger partial charge in [-0.25, -0.2) is 9.79 Å². The molecule has 1 amide bonds. The van der Waals surface area contributed by atoms with Crippen LogP contribution in [0.5, 0.6) is 5.75 Å². The summed E-state index contributed by atoms with van der Waals surface area (Å²) in [6.07, 6.45) is 3.13. The van der Waals surface area contributed by atoms with Crippen molar-refractivity contribution in [1.29, 1.82) is 0 Å². The zero-order valence-electron chi connectivity index (χ0n) is 13.2. The van der Waals surface area contributed by atoms with Gasteiger partial charge in [0.05, 0.1) is 22.4 Å². The van der Waals surface area contributed by atoms with Crippen molar-refractivity contribution in [3.05, 3.63) is 52.8 Å². The van der Waals surface area contributed by atoms with Gasteiger partial charge in [-0.2, -0.15) is 0 Å². The second-order valence-corrected chi connectivity index (χ2v) is 6.09. The van der Waals surface area contributed by atoms with Gasteiger partial charge in [-0.05, 0) is 49.0 Å². The third kappa shape index (κ3) is 3.43. The molecule has 1 aliphatic rings. The van der Waals surface area contributed by atoms with E-state index in [1.807, 2.05) is 0 Å². The number of aromatic carboxylic acids is 1. The summed E-state index contributed by atoms with van der Waals surface area (Å²) in [6, 6.07) is 7.33. The van der Waals surface area contributed by atoms with E-state index in [2.05, 4.69) is 4.99 Å². The summed E-state index contributed by atoms with van der Waals surface area (Å²) < 4.78 is 5.22. The number of carboxylic acids is 1. The molecule has 1 aromatic carbocycles. The van der Waals surface area contributed by atoms with Crippen molar-refractivity contribution >= 4 is 40.6 Å². The largest absolute Gasteiger partial charge is 0.508 e. The van der Waals surface area contributed by atoms with E-state index in [0.29, 0.717) is 22.4 Å². The zero-order chi connectivity index (χ0) is 18.0. The molecule has 25 heavy (non-hydrogen) atoms. The van der Waals surface area contributed by atoms with Crippen LogP contribution in [0.2, 0.25) is 0 Å². The van der Waals surface area contributed by atoms with Crippen LogP contribution in [0.25, 0.3) is 6.08 Å². The predicted octanol–water partition coefficient (Wildman–Crippen LogP) is 3.31. The third-order valence-electron chi connectivity index (χ3n) is 3.45. The summed E-state index contributed by atoms with van der Waals surface area (Å²) in [5.74, 6) is -1.05. The lowest BCUT2D eigenvalue weighted by Crippen LogP contribution is -2.28. The van der Waals surface area contributed by atoms with Crippen LogP contribution in [0.15, 0.2) is 50.9 Å². The molecule has 1 fully saturated rings.